The molecule has 0 aliphatic carbocycles. The average molecular weight is 432 g/mol. The molecular formula is C21H21FN2O5S. The molecule has 2 aliphatic rings. The van der Waals surface area contributed by atoms with Gasteiger partial charge in [-0.15, -0.1) is 0 Å². The maximum Gasteiger partial charge on any atom is 0.299 e. The fourth-order valence-corrected chi connectivity index (χ4v) is 5.63. The Kier molecular flexibility index (Phi) is 5.33. The van der Waals surface area contributed by atoms with Crippen LogP contribution in [-0.4, -0.2) is 50.8 Å². The van der Waals surface area contributed by atoms with Crippen molar-refractivity contribution in [2.24, 2.45) is 0 Å². The standard InChI is InChI=1S/C21H21FN2O5S/c1-29-16-6-4-14(5-7-16)13-23-19-9-8-17(11-18(19)20(25)21(23)26)30(27,28)24-10-2-3-15(24)12-22/h4-9,11,15H,2-3,10,12-13H2,1H3/t15-/m0/s1. The average Bonchev–Trinajstić information content (AvgIpc) is 3.34. The maximum absolute atomic E-state index is 13.2. The number of carbonyl (C=O) groups excluding carboxylic acids is 2. The Morgan fingerprint density at radius 2 is 1.87 bits per heavy atom. The summed E-state index contributed by atoms with van der Waals surface area (Å²) in [5.41, 5.74) is 1.21. The summed E-state index contributed by atoms with van der Waals surface area (Å²) in [6, 6.07) is 10.5. The number of methoxy groups -OCH3 is 1. The van der Waals surface area contributed by atoms with E-state index < -0.39 is 34.4 Å². The summed E-state index contributed by atoms with van der Waals surface area (Å²) < 4.78 is 45.4. The van der Waals surface area contributed by atoms with Gasteiger partial charge in [0, 0.05) is 6.54 Å². The number of carbonyl (C=O) groups is 2. The Morgan fingerprint density at radius 1 is 1.13 bits per heavy atom. The van der Waals surface area contributed by atoms with Crippen LogP contribution in [0, 0.1) is 0 Å². The Morgan fingerprint density at radius 3 is 2.53 bits per heavy atom. The lowest BCUT2D eigenvalue weighted by atomic mass is 10.1. The number of Topliss-reactive ketones (excluding diaryl/α,β-unsaturated/α-hetero) is 1. The van der Waals surface area contributed by atoms with Crippen molar-refractivity contribution in [1.29, 1.82) is 0 Å². The summed E-state index contributed by atoms with van der Waals surface area (Å²) in [5.74, 6) is -0.788. The normalized spacial score (nSPS) is 19.4. The molecule has 0 saturated carbocycles. The van der Waals surface area contributed by atoms with E-state index in [0.717, 1.165) is 9.87 Å². The van der Waals surface area contributed by atoms with E-state index in [1.165, 1.54) is 23.1 Å². The highest BCUT2D eigenvalue weighted by Crippen LogP contribution is 2.34. The molecule has 0 unspecified atom stereocenters. The molecule has 1 fully saturated rings. The van der Waals surface area contributed by atoms with Crippen LogP contribution in [0.5, 0.6) is 5.75 Å². The lowest BCUT2D eigenvalue weighted by Gasteiger charge is -2.22. The third-order valence-corrected chi connectivity index (χ3v) is 7.50. The number of nitrogens with zero attached hydrogens (tertiary/aromatic N) is 2. The molecular weight excluding hydrogens is 411 g/mol. The van der Waals surface area contributed by atoms with Crippen LogP contribution in [0.3, 0.4) is 0 Å². The highest BCUT2D eigenvalue weighted by molar-refractivity contribution is 7.89. The van der Waals surface area contributed by atoms with Crippen molar-refractivity contribution in [3.05, 3.63) is 53.6 Å². The molecule has 1 saturated heterocycles. The van der Waals surface area contributed by atoms with E-state index >= 15 is 0 Å². The van der Waals surface area contributed by atoms with E-state index in [-0.39, 0.29) is 23.5 Å². The van der Waals surface area contributed by atoms with E-state index in [2.05, 4.69) is 0 Å². The Balaban J connectivity index is 1.65. The van der Waals surface area contributed by atoms with E-state index in [9.17, 15) is 22.4 Å². The van der Waals surface area contributed by atoms with Crippen LogP contribution in [0.25, 0.3) is 0 Å². The first-order chi connectivity index (χ1) is 14.4. The molecule has 0 N–H and O–H groups in total. The van der Waals surface area contributed by atoms with Crippen LogP contribution in [0.4, 0.5) is 10.1 Å². The first-order valence-electron chi connectivity index (χ1n) is 9.58. The van der Waals surface area contributed by atoms with E-state index in [1.807, 2.05) is 0 Å². The first-order valence-corrected chi connectivity index (χ1v) is 11.0. The predicted molar refractivity (Wildman–Crippen MR) is 108 cm³/mol. The number of ketones is 1. The lowest BCUT2D eigenvalue weighted by Crippen LogP contribution is -2.36. The van der Waals surface area contributed by atoms with Crippen molar-refractivity contribution in [2.45, 2.75) is 30.3 Å². The zero-order chi connectivity index (χ0) is 21.5. The maximum atomic E-state index is 13.2. The molecule has 2 aromatic rings. The van der Waals surface area contributed by atoms with Gasteiger partial charge >= 0.3 is 0 Å². The quantitative estimate of drug-likeness (QED) is 0.655. The van der Waals surface area contributed by atoms with Gasteiger partial charge in [0.05, 0.1) is 35.8 Å². The summed E-state index contributed by atoms with van der Waals surface area (Å²) in [6.07, 6.45) is 1.06. The molecule has 2 aromatic carbocycles. The number of hydrogen-bond acceptors (Lipinski definition) is 5. The van der Waals surface area contributed by atoms with Crippen LogP contribution in [0.2, 0.25) is 0 Å². The summed E-state index contributed by atoms with van der Waals surface area (Å²) >= 11 is 0. The minimum atomic E-state index is -3.95. The third kappa shape index (κ3) is 3.37. The summed E-state index contributed by atoms with van der Waals surface area (Å²) in [4.78, 5) is 26.3. The number of benzene rings is 2. The van der Waals surface area contributed by atoms with Crippen LogP contribution in [-0.2, 0) is 21.4 Å². The van der Waals surface area contributed by atoms with Crippen LogP contribution in [0.15, 0.2) is 47.4 Å². The van der Waals surface area contributed by atoms with Crippen LogP contribution >= 0.6 is 0 Å². The van der Waals surface area contributed by atoms with Crippen molar-refractivity contribution < 1.29 is 27.1 Å². The molecule has 1 atom stereocenters. The number of rotatable bonds is 6. The molecule has 7 nitrogen and oxygen atoms in total. The van der Waals surface area contributed by atoms with Gasteiger partial charge in [0.1, 0.15) is 12.4 Å². The smallest absolute Gasteiger partial charge is 0.299 e. The van der Waals surface area contributed by atoms with E-state index in [1.54, 1.807) is 31.4 Å². The number of halogens is 1. The van der Waals surface area contributed by atoms with Gasteiger partial charge in [0.2, 0.25) is 10.0 Å². The largest absolute Gasteiger partial charge is 0.497 e. The number of amides is 1. The van der Waals surface area contributed by atoms with Gasteiger partial charge in [-0.2, -0.15) is 4.31 Å². The minimum Gasteiger partial charge on any atom is -0.497 e. The van der Waals surface area contributed by atoms with Gasteiger partial charge in [0.25, 0.3) is 11.7 Å². The number of anilines is 1. The predicted octanol–water partition coefficient (Wildman–Crippen LogP) is 2.55. The van der Waals surface area contributed by atoms with Gasteiger partial charge in [-0.3, -0.25) is 9.59 Å². The molecule has 0 aromatic heterocycles. The van der Waals surface area contributed by atoms with Gasteiger partial charge < -0.3 is 9.64 Å². The number of fused-ring (bicyclic) bond motifs is 1. The second kappa shape index (κ2) is 7.81. The molecule has 30 heavy (non-hydrogen) atoms. The zero-order valence-corrected chi connectivity index (χ0v) is 17.2. The number of hydrogen-bond donors (Lipinski definition) is 0. The molecule has 0 bridgehead atoms. The highest BCUT2D eigenvalue weighted by atomic mass is 32.2. The monoisotopic (exact) mass is 432 g/mol. The molecule has 9 heteroatoms. The molecule has 0 spiro atoms. The zero-order valence-electron chi connectivity index (χ0n) is 16.4. The molecule has 1 amide bonds. The Hall–Kier alpha value is -2.78. The van der Waals surface area contributed by atoms with Gasteiger partial charge in [-0.05, 0) is 48.7 Å². The third-order valence-electron chi connectivity index (χ3n) is 5.55. The summed E-state index contributed by atoms with van der Waals surface area (Å²) in [6.45, 7) is -0.342. The van der Waals surface area contributed by atoms with Crippen LogP contribution in [0.1, 0.15) is 28.8 Å². The minimum absolute atomic E-state index is 0.0468. The van der Waals surface area contributed by atoms with E-state index in [4.69, 9.17) is 4.74 Å². The fraction of sp³-hybridized carbons (Fsp3) is 0.333. The van der Waals surface area contributed by atoms with Crippen molar-refractivity contribution in [1.82, 2.24) is 4.31 Å². The van der Waals surface area contributed by atoms with Crippen molar-refractivity contribution in [3.63, 3.8) is 0 Å². The molecule has 158 valence electrons. The molecule has 2 aliphatic heterocycles. The van der Waals surface area contributed by atoms with Gasteiger partial charge in [-0.25, -0.2) is 12.8 Å². The number of sulfonamides is 1. The first kappa shape index (κ1) is 20.5. The van der Waals surface area contributed by atoms with Gasteiger partial charge in [0.15, 0.2) is 0 Å². The molecule has 0 radical (unpaired) electrons. The summed E-state index contributed by atoms with van der Waals surface area (Å²) in [5, 5.41) is 0. The molecule has 2 heterocycles. The number of ether oxygens (including phenoxy) is 1. The second-order valence-electron chi connectivity index (χ2n) is 7.31. The lowest BCUT2D eigenvalue weighted by molar-refractivity contribution is -0.114. The Bertz CT molecular complexity index is 1100. The molecule has 4 rings (SSSR count). The Labute approximate surface area is 174 Å². The summed E-state index contributed by atoms with van der Waals surface area (Å²) in [7, 11) is -2.40. The van der Waals surface area contributed by atoms with Crippen molar-refractivity contribution >= 4 is 27.4 Å². The van der Waals surface area contributed by atoms with Crippen molar-refractivity contribution in [2.75, 3.05) is 25.2 Å². The number of alkyl halides is 1. The fourth-order valence-electron chi connectivity index (χ4n) is 3.93. The van der Waals surface area contributed by atoms with Gasteiger partial charge in [-0.1, -0.05) is 12.1 Å². The SMILES string of the molecule is COc1ccc(CN2C(=O)C(=O)c3cc(S(=O)(=O)N4CCC[C@H]4CF)ccc32)cc1. The van der Waals surface area contributed by atoms with Crippen LogP contribution < -0.4 is 9.64 Å². The van der Waals surface area contributed by atoms with E-state index in [0.29, 0.717) is 24.3 Å². The highest BCUT2D eigenvalue weighted by Gasteiger charge is 2.39. The topological polar surface area (TPSA) is 84.0 Å². The second-order valence-corrected chi connectivity index (χ2v) is 9.20. The van der Waals surface area contributed by atoms with Crippen molar-refractivity contribution in [3.8, 4) is 5.75 Å².